The second kappa shape index (κ2) is 7.45. The molecule has 2 aromatic rings. The van der Waals surface area contributed by atoms with Crippen LogP contribution in [0.1, 0.15) is 24.5 Å². The first-order valence-electron chi connectivity index (χ1n) is 6.81. The molecular formula is C14H19ClN4S. The SMILES string of the molecule is CCNc1cc(NCCc2ccc(Cl)s2)nc(CC)n1. The number of aromatic nitrogens is 2. The van der Waals surface area contributed by atoms with E-state index in [1.165, 1.54) is 4.88 Å². The van der Waals surface area contributed by atoms with E-state index in [1.807, 2.05) is 12.1 Å². The van der Waals surface area contributed by atoms with Gasteiger partial charge in [0.25, 0.3) is 0 Å². The van der Waals surface area contributed by atoms with Crippen LogP contribution in [0, 0.1) is 0 Å². The van der Waals surface area contributed by atoms with E-state index in [1.54, 1.807) is 11.3 Å². The standard InChI is InChI=1S/C14H19ClN4S/c1-3-12-18-13(16-4-2)9-14(19-12)17-8-7-10-5-6-11(15)20-10/h5-6,9H,3-4,7-8H2,1-2H3,(H2,16,17,18,19). The van der Waals surface area contributed by atoms with Crippen molar-refractivity contribution in [2.75, 3.05) is 23.7 Å². The summed E-state index contributed by atoms with van der Waals surface area (Å²) in [5.41, 5.74) is 0. The largest absolute Gasteiger partial charge is 0.370 e. The molecule has 2 heterocycles. The fourth-order valence-corrected chi connectivity index (χ4v) is 2.90. The van der Waals surface area contributed by atoms with Crippen molar-refractivity contribution >= 4 is 34.6 Å². The lowest BCUT2D eigenvalue weighted by Crippen LogP contribution is -2.09. The van der Waals surface area contributed by atoms with Gasteiger partial charge in [-0.2, -0.15) is 0 Å². The number of anilines is 2. The van der Waals surface area contributed by atoms with Gasteiger partial charge in [0, 0.05) is 30.5 Å². The zero-order valence-electron chi connectivity index (χ0n) is 11.7. The molecule has 0 bridgehead atoms. The summed E-state index contributed by atoms with van der Waals surface area (Å²) in [7, 11) is 0. The van der Waals surface area contributed by atoms with Gasteiger partial charge in [0.1, 0.15) is 17.5 Å². The Morgan fingerprint density at radius 3 is 2.50 bits per heavy atom. The molecule has 0 fully saturated rings. The molecule has 0 aliphatic carbocycles. The molecule has 0 saturated heterocycles. The Kier molecular flexibility index (Phi) is 5.61. The van der Waals surface area contributed by atoms with Crippen molar-refractivity contribution in [1.82, 2.24) is 9.97 Å². The monoisotopic (exact) mass is 310 g/mol. The lowest BCUT2D eigenvalue weighted by atomic mass is 10.3. The van der Waals surface area contributed by atoms with Gasteiger partial charge in [-0.3, -0.25) is 0 Å². The molecule has 20 heavy (non-hydrogen) atoms. The van der Waals surface area contributed by atoms with Crippen molar-refractivity contribution in [3.63, 3.8) is 0 Å². The second-order valence-corrected chi connectivity index (χ2v) is 6.12. The quantitative estimate of drug-likeness (QED) is 0.816. The van der Waals surface area contributed by atoms with E-state index in [9.17, 15) is 0 Å². The highest BCUT2D eigenvalue weighted by atomic mass is 35.5. The molecular weight excluding hydrogens is 292 g/mol. The molecule has 6 heteroatoms. The predicted octanol–water partition coefficient (Wildman–Crippen LogP) is 3.84. The first kappa shape index (κ1) is 15.1. The zero-order chi connectivity index (χ0) is 14.4. The van der Waals surface area contributed by atoms with Crippen molar-refractivity contribution in [3.8, 4) is 0 Å². The summed E-state index contributed by atoms with van der Waals surface area (Å²) in [6, 6.07) is 5.95. The minimum atomic E-state index is 0.828. The Balaban J connectivity index is 1.95. The highest BCUT2D eigenvalue weighted by Crippen LogP contribution is 2.21. The Labute approximate surface area is 128 Å². The summed E-state index contributed by atoms with van der Waals surface area (Å²) in [6.45, 7) is 5.81. The number of rotatable bonds is 7. The van der Waals surface area contributed by atoms with E-state index in [0.717, 1.165) is 47.7 Å². The van der Waals surface area contributed by atoms with Gasteiger partial charge in [-0.25, -0.2) is 9.97 Å². The molecule has 0 amide bonds. The van der Waals surface area contributed by atoms with Gasteiger partial charge in [-0.15, -0.1) is 11.3 Å². The van der Waals surface area contributed by atoms with Crippen molar-refractivity contribution in [2.24, 2.45) is 0 Å². The molecule has 0 saturated carbocycles. The van der Waals surface area contributed by atoms with Crippen molar-refractivity contribution < 1.29 is 0 Å². The maximum absolute atomic E-state index is 5.92. The first-order valence-corrected chi connectivity index (χ1v) is 8.00. The molecule has 2 rings (SSSR count). The lowest BCUT2D eigenvalue weighted by Gasteiger charge is -2.09. The van der Waals surface area contributed by atoms with Crippen LogP contribution in [-0.4, -0.2) is 23.1 Å². The van der Waals surface area contributed by atoms with Crippen LogP contribution < -0.4 is 10.6 Å². The molecule has 2 N–H and O–H groups in total. The molecule has 0 atom stereocenters. The van der Waals surface area contributed by atoms with Crippen LogP contribution in [0.5, 0.6) is 0 Å². The molecule has 0 spiro atoms. The number of hydrogen-bond acceptors (Lipinski definition) is 5. The summed E-state index contributed by atoms with van der Waals surface area (Å²) in [5.74, 6) is 2.60. The lowest BCUT2D eigenvalue weighted by molar-refractivity contribution is 0.925. The van der Waals surface area contributed by atoms with Crippen molar-refractivity contribution in [3.05, 3.63) is 33.2 Å². The zero-order valence-corrected chi connectivity index (χ0v) is 13.3. The topological polar surface area (TPSA) is 49.8 Å². The van der Waals surface area contributed by atoms with Crippen LogP contribution in [0.4, 0.5) is 11.6 Å². The first-order chi connectivity index (χ1) is 9.71. The Bertz CT molecular complexity index is 556. The van der Waals surface area contributed by atoms with Gasteiger partial charge in [0.15, 0.2) is 0 Å². The maximum Gasteiger partial charge on any atom is 0.132 e. The fraction of sp³-hybridized carbons (Fsp3) is 0.429. The van der Waals surface area contributed by atoms with E-state index in [2.05, 4.69) is 40.5 Å². The third kappa shape index (κ3) is 4.35. The number of thiophene rings is 1. The molecule has 4 nitrogen and oxygen atoms in total. The van der Waals surface area contributed by atoms with Gasteiger partial charge in [-0.05, 0) is 25.5 Å². The smallest absolute Gasteiger partial charge is 0.132 e. The van der Waals surface area contributed by atoms with Gasteiger partial charge in [0.2, 0.25) is 0 Å². The Morgan fingerprint density at radius 2 is 1.90 bits per heavy atom. The minimum absolute atomic E-state index is 0.828. The molecule has 2 aromatic heterocycles. The van der Waals surface area contributed by atoms with Gasteiger partial charge in [-0.1, -0.05) is 18.5 Å². The van der Waals surface area contributed by atoms with Crippen molar-refractivity contribution in [1.29, 1.82) is 0 Å². The predicted molar refractivity (Wildman–Crippen MR) is 87.1 cm³/mol. The van der Waals surface area contributed by atoms with E-state index in [4.69, 9.17) is 11.6 Å². The van der Waals surface area contributed by atoms with Gasteiger partial charge in [0.05, 0.1) is 4.34 Å². The molecule has 0 unspecified atom stereocenters. The normalized spacial score (nSPS) is 10.6. The third-order valence-corrected chi connectivity index (χ3v) is 4.04. The molecule has 0 aliphatic heterocycles. The Hall–Kier alpha value is -1.33. The van der Waals surface area contributed by atoms with Crippen LogP contribution in [-0.2, 0) is 12.8 Å². The second-order valence-electron chi connectivity index (χ2n) is 4.32. The highest BCUT2D eigenvalue weighted by Gasteiger charge is 2.03. The van der Waals surface area contributed by atoms with E-state index in [0.29, 0.717) is 0 Å². The number of halogens is 1. The summed E-state index contributed by atoms with van der Waals surface area (Å²) in [4.78, 5) is 10.2. The summed E-state index contributed by atoms with van der Waals surface area (Å²) < 4.78 is 0.838. The average molecular weight is 311 g/mol. The molecule has 108 valence electrons. The number of hydrogen-bond donors (Lipinski definition) is 2. The molecule has 0 aromatic carbocycles. The molecule has 0 radical (unpaired) electrons. The van der Waals surface area contributed by atoms with E-state index >= 15 is 0 Å². The average Bonchev–Trinajstić information content (AvgIpc) is 2.84. The van der Waals surface area contributed by atoms with Crippen LogP contribution in [0.25, 0.3) is 0 Å². The summed E-state index contributed by atoms with van der Waals surface area (Å²) >= 11 is 7.54. The van der Waals surface area contributed by atoms with Gasteiger partial charge >= 0.3 is 0 Å². The van der Waals surface area contributed by atoms with Crippen LogP contribution in [0.3, 0.4) is 0 Å². The minimum Gasteiger partial charge on any atom is -0.370 e. The van der Waals surface area contributed by atoms with E-state index < -0.39 is 0 Å². The summed E-state index contributed by atoms with van der Waals surface area (Å²) in [6.07, 6.45) is 1.77. The van der Waals surface area contributed by atoms with E-state index in [-0.39, 0.29) is 0 Å². The number of nitrogens with one attached hydrogen (secondary N) is 2. The van der Waals surface area contributed by atoms with Gasteiger partial charge < -0.3 is 10.6 Å². The Morgan fingerprint density at radius 1 is 1.15 bits per heavy atom. The fourth-order valence-electron chi connectivity index (χ4n) is 1.82. The van der Waals surface area contributed by atoms with Crippen LogP contribution in [0.15, 0.2) is 18.2 Å². The third-order valence-electron chi connectivity index (χ3n) is 2.75. The summed E-state index contributed by atoms with van der Waals surface area (Å²) in [5, 5.41) is 6.58. The number of aryl methyl sites for hydroxylation is 1. The molecule has 0 aliphatic rings. The maximum atomic E-state index is 5.92. The highest BCUT2D eigenvalue weighted by molar-refractivity contribution is 7.16. The van der Waals surface area contributed by atoms with Crippen LogP contribution >= 0.6 is 22.9 Å². The number of nitrogens with zero attached hydrogens (tertiary/aromatic N) is 2. The van der Waals surface area contributed by atoms with Crippen molar-refractivity contribution in [2.45, 2.75) is 26.7 Å². The van der Waals surface area contributed by atoms with Crippen LogP contribution in [0.2, 0.25) is 4.34 Å².